The summed E-state index contributed by atoms with van der Waals surface area (Å²) in [5, 5.41) is 12.6. The number of carbonyl (C=O) groups is 1. The van der Waals surface area contributed by atoms with Crippen LogP contribution in [0.25, 0.3) is 11.2 Å². The summed E-state index contributed by atoms with van der Waals surface area (Å²) >= 11 is 0. The van der Waals surface area contributed by atoms with E-state index in [0.29, 0.717) is 28.2 Å². The molecule has 3 aromatic rings. The van der Waals surface area contributed by atoms with Gasteiger partial charge < -0.3 is 16.2 Å². The molecule has 8 heteroatoms. The number of rotatable bonds is 6. The van der Waals surface area contributed by atoms with Crippen molar-refractivity contribution in [1.29, 1.82) is 0 Å². The fourth-order valence-electron chi connectivity index (χ4n) is 3.31. The van der Waals surface area contributed by atoms with Gasteiger partial charge in [0.25, 0.3) is 5.91 Å². The normalized spacial score (nSPS) is 15.5. The van der Waals surface area contributed by atoms with Crippen LogP contribution < -0.4 is 11.1 Å². The Balaban J connectivity index is 1.67. The monoisotopic (exact) mass is 421 g/mol. The summed E-state index contributed by atoms with van der Waals surface area (Å²) in [7, 11) is 0. The Hall–Kier alpha value is -3.52. The number of hydrogen-bond donors (Lipinski definition) is 3. The maximum absolute atomic E-state index is 14.4. The number of hydrogen-bond acceptors (Lipinski definition) is 5. The summed E-state index contributed by atoms with van der Waals surface area (Å²) < 4.78 is 16.2. The number of nitrogens with one attached hydrogen (secondary N) is 1. The molecule has 160 valence electrons. The molecule has 1 aliphatic carbocycles. The molecule has 1 saturated carbocycles. The van der Waals surface area contributed by atoms with Crippen LogP contribution in [0.3, 0.4) is 0 Å². The Morgan fingerprint density at radius 2 is 2.16 bits per heavy atom. The summed E-state index contributed by atoms with van der Waals surface area (Å²) in [6.07, 6.45) is 7.53. The lowest BCUT2D eigenvalue weighted by molar-refractivity contribution is 0.0947. The zero-order valence-electron chi connectivity index (χ0n) is 17.3. The van der Waals surface area contributed by atoms with Gasteiger partial charge in [-0.25, -0.2) is 14.4 Å². The van der Waals surface area contributed by atoms with Crippen LogP contribution in [0.1, 0.15) is 52.9 Å². The highest BCUT2D eigenvalue weighted by atomic mass is 19.1. The topological polar surface area (TPSA) is 105 Å². The highest BCUT2D eigenvalue weighted by molar-refractivity contribution is 6.11. The average molecular weight is 421 g/mol. The Morgan fingerprint density at radius 3 is 2.84 bits per heavy atom. The van der Waals surface area contributed by atoms with Gasteiger partial charge in [-0.1, -0.05) is 6.07 Å². The number of aryl methyl sites for hydroxylation is 1. The molecule has 1 aromatic carbocycles. The molecule has 0 spiro atoms. The molecular formula is C23H24FN5O2. The van der Waals surface area contributed by atoms with Crippen molar-refractivity contribution >= 4 is 29.2 Å². The van der Waals surface area contributed by atoms with E-state index >= 15 is 0 Å². The first kappa shape index (κ1) is 20.7. The van der Waals surface area contributed by atoms with Crippen LogP contribution in [0.15, 0.2) is 47.9 Å². The molecule has 4 N–H and O–H groups in total. The molecule has 1 fully saturated rings. The number of halogens is 1. The summed E-state index contributed by atoms with van der Waals surface area (Å²) in [6, 6.07) is 6.58. The number of amides is 1. The quantitative estimate of drug-likeness (QED) is 0.530. The first-order valence-electron chi connectivity index (χ1n) is 10.1. The first-order chi connectivity index (χ1) is 14.9. The van der Waals surface area contributed by atoms with Crippen LogP contribution in [0, 0.1) is 12.7 Å². The molecule has 0 radical (unpaired) electrons. The van der Waals surface area contributed by atoms with E-state index in [1.54, 1.807) is 42.9 Å². The van der Waals surface area contributed by atoms with E-state index < -0.39 is 17.8 Å². The van der Waals surface area contributed by atoms with Crippen LogP contribution in [0.2, 0.25) is 0 Å². The summed E-state index contributed by atoms with van der Waals surface area (Å²) in [4.78, 5) is 21.2. The lowest BCUT2D eigenvalue weighted by Gasteiger charge is -2.11. The third-order valence-electron chi connectivity index (χ3n) is 5.29. The highest BCUT2D eigenvalue weighted by Crippen LogP contribution is 2.25. The summed E-state index contributed by atoms with van der Waals surface area (Å²) in [5.41, 5.74) is 9.04. The van der Waals surface area contributed by atoms with Crippen molar-refractivity contribution in [2.45, 2.75) is 38.8 Å². The summed E-state index contributed by atoms with van der Waals surface area (Å²) in [6.45, 7) is 3.44. The minimum absolute atomic E-state index is 0.0170. The SMILES string of the molecule is Cc1cc(F)c(C(=O)NC2CC2)cc1C(C=Nc1cnc2ccc(C(C)O)cn12)=CN. The second-order valence-corrected chi connectivity index (χ2v) is 7.76. The van der Waals surface area contributed by atoms with Gasteiger partial charge in [0.15, 0.2) is 5.82 Å². The number of imidazole rings is 1. The number of pyridine rings is 1. The molecule has 0 aliphatic heterocycles. The fraction of sp³-hybridized carbons (Fsp3) is 0.261. The Kier molecular flexibility index (Phi) is 5.56. The van der Waals surface area contributed by atoms with Crippen LogP contribution in [0.4, 0.5) is 10.2 Å². The largest absolute Gasteiger partial charge is 0.404 e. The lowest BCUT2D eigenvalue weighted by atomic mass is 9.98. The molecule has 2 heterocycles. The van der Waals surface area contributed by atoms with Gasteiger partial charge in [0.1, 0.15) is 11.5 Å². The zero-order valence-corrected chi connectivity index (χ0v) is 17.3. The van der Waals surface area contributed by atoms with Crippen LogP contribution in [-0.2, 0) is 0 Å². The first-order valence-corrected chi connectivity index (χ1v) is 10.1. The van der Waals surface area contributed by atoms with Gasteiger partial charge in [-0.15, -0.1) is 0 Å². The predicted octanol–water partition coefficient (Wildman–Crippen LogP) is 3.43. The number of aliphatic imine (C=N–C) groups is 1. The van der Waals surface area contributed by atoms with Crippen molar-refractivity contribution in [2.24, 2.45) is 10.7 Å². The number of carbonyl (C=O) groups excluding carboxylic acids is 1. The fourth-order valence-corrected chi connectivity index (χ4v) is 3.31. The molecule has 0 bridgehead atoms. The maximum Gasteiger partial charge on any atom is 0.254 e. The summed E-state index contributed by atoms with van der Waals surface area (Å²) in [5.74, 6) is -0.453. The van der Waals surface area contributed by atoms with Crippen molar-refractivity contribution in [2.75, 3.05) is 0 Å². The standard InChI is InChI=1S/C23H24FN5O2/c1-13-7-20(24)19(23(31)28-17-4-5-17)8-18(13)16(9-25)10-26-22-11-27-21-6-3-15(14(2)30)12-29(21)22/h3,6-12,14,17,30H,4-5,25H2,1-2H3,(H,28,31). The van der Waals surface area contributed by atoms with Crippen LogP contribution >= 0.6 is 0 Å². The number of nitrogens with two attached hydrogens (primary N) is 1. The van der Waals surface area contributed by atoms with E-state index in [9.17, 15) is 14.3 Å². The maximum atomic E-state index is 14.4. The molecular weight excluding hydrogens is 397 g/mol. The number of allylic oxidation sites excluding steroid dienone is 1. The van der Waals surface area contributed by atoms with Crippen LogP contribution in [-0.4, -0.2) is 32.7 Å². The van der Waals surface area contributed by atoms with Crippen LogP contribution in [0.5, 0.6) is 0 Å². The van der Waals surface area contributed by atoms with E-state index in [1.807, 2.05) is 6.07 Å². The van der Waals surface area contributed by atoms with Crippen molar-refractivity contribution in [1.82, 2.24) is 14.7 Å². The molecule has 1 amide bonds. The van der Waals surface area contributed by atoms with Gasteiger partial charge >= 0.3 is 0 Å². The van der Waals surface area contributed by atoms with Crippen molar-refractivity contribution in [3.05, 3.63) is 70.9 Å². The second-order valence-electron chi connectivity index (χ2n) is 7.76. The van der Waals surface area contributed by atoms with E-state index in [0.717, 1.165) is 18.4 Å². The van der Waals surface area contributed by atoms with E-state index in [4.69, 9.17) is 5.73 Å². The van der Waals surface area contributed by atoms with Gasteiger partial charge in [0, 0.05) is 30.2 Å². The number of aliphatic hydroxyl groups is 1. The lowest BCUT2D eigenvalue weighted by Crippen LogP contribution is -2.26. The van der Waals surface area contributed by atoms with Gasteiger partial charge in [-0.05, 0) is 61.6 Å². The smallest absolute Gasteiger partial charge is 0.254 e. The van der Waals surface area contributed by atoms with E-state index in [2.05, 4.69) is 15.3 Å². The molecule has 4 rings (SSSR count). The van der Waals surface area contributed by atoms with Gasteiger partial charge in [0.05, 0.1) is 17.9 Å². The van der Waals surface area contributed by atoms with Gasteiger partial charge in [-0.3, -0.25) is 9.20 Å². The predicted molar refractivity (Wildman–Crippen MR) is 118 cm³/mol. The molecule has 31 heavy (non-hydrogen) atoms. The highest BCUT2D eigenvalue weighted by Gasteiger charge is 2.25. The van der Waals surface area contributed by atoms with Gasteiger partial charge in [0.2, 0.25) is 0 Å². The van der Waals surface area contributed by atoms with E-state index in [1.165, 1.54) is 18.3 Å². The Bertz CT molecular complexity index is 1210. The second kappa shape index (κ2) is 8.31. The van der Waals surface area contributed by atoms with Crippen molar-refractivity contribution in [3.8, 4) is 0 Å². The molecule has 1 atom stereocenters. The molecule has 2 aromatic heterocycles. The molecule has 0 saturated heterocycles. The Morgan fingerprint density at radius 1 is 1.39 bits per heavy atom. The molecule has 7 nitrogen and oxygen atoms in total. The average Bonchev–Trinajstić information content (AvgIpc) is 3.46. The minimum Gasteiger partial charge on any atom is -0.404 e. The number of nitrogens with zero attached hydrogens (tertiary/aromatic N) is 3. The number of benzene rings is 1. The Labute approximate surface area is 179 Å². The number of aliphatic hydroxyl groups excluding tert-OH is 1. The van der Waals surface area contributed by atoms with Crippen molar-refractivity contribution < 1.29 is 14.3 Å². The zero-order chi connectivity index (χ0) is 22.1. The molecule has 1 unspecified atom stereocenters. The van der Waals surface area contributed by atoms with E-state index in [-0.39, 0.29) is 11.6 Å². The minimum atomic E-state index is -0.620. The number of aromatic nitrogens is 2. The molecule has 1 aliphatic rings. The third-order valence-corrected chi connectivity index (χ3v) is 5.29. The van der Waals surface area contributed by atoms with Crippen molar-refractivity contribution in [3.63, 3.8) is 0 Å². The van der Waals surface area contributed by atoms with Gasteiger partial charge in [-0.2, -0.15) is 0 Å². The number of fused-ring (bicyclic) bond motifs is 1. The third kappa shape index (κ3) is 4.34.